The molecule has 0 unspecified atom stereocenters. The smallest absolute Gasteiger partial charge is 0.273 e. The minimum atomic E-state index is -0.415. The number of hydrazine groups is 1. The van der Waals surface area contributed by atoms with Gasteiger partial charge in [0.25, 0.3) is 5.91 Å². The number of carbonyl (C=O) groups is 2. The Bertz CT molecular complexity index is 834. The maximum absolute atomic E-state index is 12.5. The van der Waals surface area contributed by atoms with Gasteiger partial charge in [0, 0.05) is 10.9 Å². The SMILES string of the molecule is O=C(NNC(=O)[C@@H]1CC=CCC1)c1ccccc1OCc1ccc(Cl)cc1. The van der Waals surface area contributed by atoms with Crippen LogP contribution in [0.25, 0.3) is 0 Å². The molecule has 2 amide bonds. The van der Waals surface area contributed by atoms with Gasteiger partial charge in [-0.2, -0.15) is 0 Å². The van der Waals surface area contributed by atoms with Crippen LogP contribution in [-0.2, 0) is 11.4 Å². The summed E-state index contributed by atoms with van der Waals surface area (Å²) in [4.78, 5) is 24.6. The summed E-state index contributed by atoms with van der Waals surface area (Å²) in [6.07, 6.45) is 6.43. The average Bonchev–Trinajstić information content (AvgIpc) is 2.72. The van der Waals surface area contributed by atoms with Gasteiger partial charge in [0.2, 0.25) is 5.91 Å². The van der Waals surface area contributed by atoms with Crippen LogP contribution in [-0.4, -0.2) is 11.8 Å². The molecule has 0 fully saturated rings. The summed E-state index contributed by atoms with van der Waals surface area (Å²) in [6, 6.07) is 14.2. The first-order valence-electron chi connectivity index (χ1n) is 8.85. The average molecular weight is 385 g/mol. The molecule has 0 saturated carbocycles. The molecule has 1 aliphatic rings. The maximum atomic E-state index is 12.5. The van der Waals surface area contributed by atoms with E-state index in [0.717, 1.165) is 18.4 Å². The summed E-state index contributed by atoms with van der Waals surface area (Å²) in [7, 11) is 0. The van der Waals surface area contributed by atoms with Crippen LogP contribution in [0.5, 0.6) is 5.75 Å². The summed E-state index contributed by atoms with van der Waals surface area (Å²) >= 11 is 5.88. The monoisotopic (exact) mass is 384 g/mol. The number of nitrogens with one attached hydrogen (secondary N) is 2. The number of hydrogen-bond donors (Lipinski definition) is 2. The Labute approximate surface area is 163 Å². The first-order valence-corrected chi connectivity index (χ1v) is 9.23. The molecule has 2 aromatic rings. The maximum Gasteiger partial charge on any atom is 0.273 e. The molecular formula is C21H21ClN2O3. The van der Waals surface area contributed by atoms with Crippen LogP contribution in [0.4, 0.5) is 0 Å². The standard InChI is InChI=1S/C21H21ClN2O3/c22-17-12-10-15(11-13-17)14-27-19-9-5-4-8-18(19)21(26)24-23-20(25)16-6-2-1-3-7-16/h1-2,4-5,8-13,16H,3,6-7,14H2,(H,23,25)(H,24,26)/t16-/m1/s1. The second-order valence-electron chi connectivity index (χ2n) is 6.34. The van der Waals surface area contributed by atoms with E-state index in [0.29, 0.717) is 29.4 Å². The van der Waals surface area contributed by atoms with E-state index >= 15 is 0 Å². The largest absolute Gasteiger partial charge is 0.488 e. The van der Waals surface area contributed by atoms with E-state index in [1.165, 1.54) is 0 Å². The molecular weight excluding hydrogens is 364 g/mol. The summed E-state index contributed by atoms with van der Waals surface area (Å²) in [5.74, 6) is -0.250. The summed E-state index contributed by atoms with van der Waals surface area (Å²) in [6.45, 7) is 0.308. The number of hydrogen-bond acceptors (Lipinski definition) is 3. The Morgan fingerprint density at radius 2 is 1.81 bits per heavy atom. The van der Waals surface area contributed by atoms with Gasteiger partial charge in [0.05, 0.1) is 5.56 Å². The second kappa shape index (κ2) is 9.24. The zero-order valence-corrected chi connectivity index (χ0v) is 15.5. The first kappa shape index (κ1) is 19.0. The van der Waals surface area contributed by atoms with Crippen molar-refractivity contribution in [3.63, 3.8) is 0 Å². The molecule has 27 heavy (non-hydrogen) atoms. The fourth-order valence-corrected chi connectivity index (χ4v) is 2.97. The number of allylic oxidation sites excluding steroid dienone is 2. The highest BCUT2D eigenvalue weighted by atomic mass is 35.5. The first-order chi connectivity index (χ1) is 13.1. The summed E-state index contributed by atoms with van der Waals surface area (Å²) in [5, 5.41) is 0.655. The van der Waals surface area contributed by atoms with Gasteiger partial charge < -0.3 is 4.74 Å². The lowest BCUT2D eigenvalue weighted by Crippen LogP contribution is -2.44. The molecule has 0 saturated heterocycles. The van der Waals surface area contributed by atoms with Crippen molar-refractivity contribution in [3.05, 3.63) is 76.8 Å². The Balaban J connectivity index is 1.58. The van der Waals surface area contributed by atoms with Gasteiger partial charge in [-0.05, 0) is 49.1 Å². The number of para-hydroxylation sites is 1. The van der Waals surface area contributed by atoms with Crippen molar-refractivity contribution < 1.29 is 14.3 Å². The second-order valence-corrected chi connectivity index (χ2v) is 6.77. The van der Waals surface area contributed by atoms with Crippen LogP contribution < -0.4 is 15.6 Å². The minimum absolute atomic E-state index is 0.105. The van der Waals surface area contributed by atoms with Crippen LogP contribution >= 0.6 is 11.6 Å². The zero-order chi connectivity index (χ0) is 19.1. The van der Waals surface area contributed by atoms with Crippen molar-refractivity contribution in [3.8, 4) is 5.75 Å². The predicted octanol–water partition coefficient (Wildman–Crippen LogP) is 4.04. The van der Waals surface area contributed by atoms with Crippen molar-refractivity contribution >= 4 is 23.4 Å². The van der Waals surface area contributed by atoms with Gasteiger partial charge in [0.1, 0.15) is 12.4 Å². The third kappa shape index (κ3) is 5.34. The molecule has 0 bridgehead atoms. The molecule has 1 aliphatic carbocycles. The van der Waals surface area contributed by atoms with Gasteiger partial charge in [-0.1, -0.05) is 48.0 Å². The molecule has 140 valence electrons. The molecule has 5 nitrogen and oxygen atoms in total. The number of benzene rings is 2. The third-order valence-electron chi connectivity index (χ3n) is 4.38. The van der Waals surface area contributed by atoms with E-state index in [1.54, 1.807) is 36.4 Å². The molecule has 1 atom stereocenters. The Morgan fingerprint density at radius 3 is 2.56 bits per heavy atom. The van der Waals surface area contributed by atoms with Crippen LogP contribution in [0.1, 0.15) is 35.2 Å². The molecule has 0 aromatic heterocycles. The van der Waals surface area contributed by atoms with Crippen molar-refractivity contribution in [1.29, 1.82) is 0 Å². The van der Waals surface area contributed by atoms with Crippen molar-refractivity contribution in [2.45, 2.75) is 25.9 Å². The van der Waals surface area contributed by atoms with E-state index in [2.05, 4.69) is 16.9 Å². The van der Waals surface area contributed by atoms with Crippen LogP contribution in [0.2, 0.25) is 5.02 Å². The normalized spacial score (nSPS) is 15.8. The number of ether oxygens (including phenoxy) is 1. The Kier molecular flexibility index (Phi) is 6.49. The summed E-state index contributed by atoms with van der Waals surface area (Å²) < 4.78 is 5.78. The highest BCUT2D eigenvalue weighted by molar-refractivity contribution is 6.30. The van der Waals surface area contributed by atoms with Gasteiger partial charge in [0.15, 0.2) is 0 Å². The van der Waals surface area contributed by atoms with E-state index in [-0.39, 0.29) is 11.8 Å². The highest BCUT2D eigenvalue weighted by Crippen LogP contribution is 2.20. The van der Waals surface area contributed by atoms with Gasteiger partial charge in [-0.15, -0.1) is 0 Å². The fraction of sp³-hybridized carbons (Fsp3) is 0.238. The highest BCUT2D eigenvalue weighted by Gasteiger charge is 2.20. The lowest BCUT2D eigenvalue weighted by Gasteiger charge is -2.18. The fourth-order valence-electron chi connectivity index (χ4n) is 2.84. The number of rotatable bonds is 5. The Hall–Kier alpha value is -2.79. The van der Waals surface area contributed by atoms with Gasteiger partial charge in [-0.25, -0.2) is 0 Å². The molecule has 0 heterocycles. The molecule has 0 aliphatic heterocycles. The Morgan fingerprint density at radius 1 is 1.04 bits per heavy atom. The minimum Gasteiger partial charge on any atom is -0.488 e. The van der Waals surface area contributed by atoms with E-state index in [9.17, 15) is 9.59 Å². The van der Waals surface area contributed by atoms with Crippen LogP contribution in [0.15, 0.2) is 60.7 Å². The molecule has 3 rings (SSSR count). The van der Waals surface area contributed by atoms with Gasteiger partial charge in [-0.3, -0.25) is 20.4 Å². The van der Waals surface area contributed by atoms with Crippen LogP contribution in [0.3, 0.4) is 0 Å². The molecule has 0 spiro atoms. The zero-order valence-electron chi connectivity index (χ0n) is 14.8. The van der Waals surface area contributed by atoms with Crippen LogP contribution in [0, 0.1) is 5.92 Å². The number of amides is 2. The predicted molar refractivity (Wildman–Crippen MR) is 104 cm³/mol. The molecule has 2 aromatic carbocycles. The quantitative estimate of drug-likeness (QED) is 0.604. The lowest BCUT2D eigenvalue weighted by molar-refractivity contribution is -0.126. The third-order valence-corrected chi connectivity index (χ3v) is 4.63. The van der Waals surface area contributed by atoms with Crippen molar-refractivity contribution in [1.82, 2.24) is 10.9 Å². The van der Waals surface area contributed by atoms with E-state index in [1.807, 2.05) is 18.2 Å². The van der Waals surface area contributed by atoms with Gasteiger partial charge >= 0.3 is 0 Å². The molecule has 2 N–H and O–H groups in total. The molecule has 0 radical (unpaired) electrons. The van der Waals surface area contributed by atoms with Crippen molar-refractivity contribution in [2.24, 2.45) is 5.92 Å². The number of carbonyl (C=O) groups excluding carboxylic acids is 2. The van der Waals surface area contributed by atoms with E-state index in [4.69, 9.17) is 16.3 Å². The molecule has 6 heteroatoms. The van der Waals surface area contributed by atoms with E-state index < -0.39 is 5.91 Å². The van der Waals surface area contributed by atoms with Crippen molar-refractivity contribution in [2.75, 3.05) is 0 Å². The summed E-state index contributed by atoms with van der Waals surface area (Å²) in [5.41, 5.74) is 6.29. The number of halogens is 1. The lowest BCUT2D eigenvalue weighted by atomic mass is 9.94. The topological polar surface area (TPSA) is 67.4 Å².